The van der Waals surface area contributed by atoms with Crippen molar-refractivity contribution in [3.05, 3.63) is 0 Å². The lowest BCUT2D eigenvalue weighted by molar-refractivity contribution is 0.127. The van der Waals surface area contributed by atoms with Crippen molar-refractivity contribution in [3.8, 4) is 0 Å². The highest BCUT2D eigenvalue weighted by Crippen LogP contribution is 2.38. The van der Waals surface area contributed by atoms with Crippen molar-refractivity contribution in [3.63, 3.8) is 0 Å². The van der Waals surface area contributed by atoms with E-state index >= 15 is 0 Å². The third-order valence-electron chi connectivity index (χ3n) is 2.60. The fourth-order valence-electron chi connectivity index (χ4n) is 1.72. The second-order valence-electron chi connectivity index (χ2n) is 3.02. The van der Waals surface area contributed by atoms with Crippen LogP contribution in [0.3, 0.4) is 0 Å². The van der Waals surface area contributed by atoms with Crippen LogP contribution in [0.25, 0.3) is 0 Å². The molecule has 0 aromatic carbocycles. The van der Waals surface area contributed by atoms with Gasteiger partial charge in [0.15, 0.2) is 0 Å². The van der Waals surface area contributed by atoms with E-state index in [2.05, 4.69) is 6.92 Å². The van der Waals surface area contributed by atoms with Gasteiger partial charge in [-0.2, -0.15) is 0 Å². The van der Waals surface area contributed by atoms with Gasteiger partial charge < -0.3 is 5.11 Å². The first-order valence-corrected chi connectivity index (χ1v) is 3.99. The van der Waals surface area contributed by atoms with Crippen LogP contribution in [0.1, 0.15) is 32.6 Å². The molecule has 0 bridgehead atoms. The molecule has 1 fully saturated rings. The number of aliphatic hydroxyl groups is 1. The van der Waals surface area contributed by atoms with Gasteiger partial charge in [0.25, 0.3) is 0 Å². The van der Waals surface area contributed by atoms with Crippen LogP contribution in [0.15, 0.2) is 0 Å². The van der Waals surface area contributed by atoms with Gasteiger partial charge in [-0.25, -0.2) is 0 Å². The smallest absolute Gasteiger partial charge is 0.0433 e. The monoisotopic (exact) mass is 128 g/mol. The van der Waals surface area contributed by atoms with Gasteiger partial charge in [-0.05, 0) is 31.1 Å². The molecular formula is C8H16O. The molecule has 54 valence electrons. The van der Waals surface area contributed by atoms with Gasteiger partial charge in [0.1, 0.15) is 0 Å². The van der Waals surface area contributed by atoms with Crippen LogP contribution in [0, 0.1) is 11.8 Å². The quantitative estimate of drug-likeness (QED) is 0.614. The molecule has 2 atom stereocenters. The standard InChI is InChI=1S/C8H16O/c1-2-7-3-4-8(7)5-6-9/h7-9H,2-6H2,1H3. The molecule has 1 saturated carbocycles. The van der Waals surface area contributed by atoms with E-state index in [1.807, 2.05) is 0 Å². The molecule has 1 aliphatic rings. The third-order valence-corrected chi connectivity index (χ3v) is 2.60. The molecule has 9 heavy (non-hydrogen) atoms. The van der Waals surface area contributed by atoms with Crippen molar-refractivity contribution in [1.29, 1.82) is 0 Å². The van der Waals surface area contributed by atoms with Crippen LogP contribution in [0.5, 0.6) is 0 Å². The molecule has 0 aromatic rings. The van der Waals surface area contributed by atoms with Crippen molar-refractivity contribution in [1.82, 2.24) is 0 Å². The fraction of sp³-hybridized carbons (Fsp3) is 1.00. The van der Waals surface area contributed by atoms with Crippen LogP contribution in [-0.4, -0.2) is 11.7 Å². The average molecular weight is 128 g/mol. The molecule has 0 aromatic heterocycles. The van der Waals surface area contributed by atoms with Gasteiger partial charge in [0.2, 0.25) is 0 Å². The summed E-state index contributed by atoms with van der Waals surface area (Å²) in [6, 6.07) is 0. The summed E-state index contributed by atoms with van der Waals surface area (Å²) >= 11 is 0. The Morgan fingerprint density at radius 2 is 2.00 bits per heavy atom. The second-order valence-corrected chi connectivity index (χ2v) is 3.02. The van der Waals surface area contributed by atoms with Crippen molar-refractivity contribution >= 4 is 0 Å². The Morgan fingerprint density at radius 3 is 2.33 bits per heavy atom. The summed E-state index contributed by atoms with van der Waals surface area (Å²) in [7, 11) is 0. The Morgan fingerprint density at radius 1 is 1.33 bits per heavy atom. The second kappa shape index (κ2) is 3.21. The average Bonchev–Trinajstić information content (AvgIpc) is 1.82. The summed E-state index contributed by atoms with van der Waals surface area (Å²) in [5, 5.41) is 8.61. The highest BCUT2D eigenvalue weighted by molar-refractivity contribution is 4.78. The first-order valence-electron chi connectivity index (χ1n) is 3.99. The van der Waals surface area contributed by atoms with Gasteiger partial charge in [-0.1, -0.05) is 13.3 Å². The Hall–Kier alpha value is -0.0400. The van der Waals surface area contributed by atoms with Gasteiger partial charge in [-0.3, -0.25) is 0 Å². The molecule has 1 N–H and O–H groups in total. The molecule has 2 unspecified atom stereocenters. The van der Waals surface area contributed by atoms with E-state index in [-0.39, 0.29) is 0 Å². The van der Waals surface area contributed by atoms with Gasteiger partial charge in [0.05, 0.1) is 0 Å². The predicted octanol–water partition coefficient (Wildman–Crippen LogP) is 1.81. The maximum atomic E-state index is 8.61. The Balaban J connectivity index is 2.11. The molecule has 1 rings (SSSR count). The largest absolute Gasteiger partial charge is 0.396 e. The minimum Gasteiger partial charge on any atom is -0.396 e. The summed E-state index contributed by atoms with van der Waals surface area (Å²) in [4.78, 5) is 0. The van der Waals surface area contributed by atoms with Gasteiger partial charge in [-0.15, -0.1) is 0 Å². The molecule has 1 nitrogen and oxygen atoms in total. The molecule has 0 aliphatic heterocycles. The Bertz CT molecular complexity index is 78.6. The van der Waals surface area contributed by atoms with Crippen LogP contribution in [-0.2, 0) is 0 Å². The number of rotatable bonds is 3. The van der Waals surface area contributed by atoms with Crippen molar-refractivity contribution in [2.75, 3.05) is 6.61 Å². The first-order chi connectivity index (χ1) is 4.38. The van der Waals surface area contributed by atoms with Gasteiger partial charge in [0, 0.05) is 6.61 Å². The van der Waals surface area contributed by atoms with E-state index in [9.17, 15) is 0 Å². The minimum atomic E-state index is 0.390. The van der Waals surface area contributed by atoms with E-state index in [0.717, 1.165) is 18.3 Å². The van der Waals surface area contributed by atoms with Crippen molar-refractivity contribution in [2.45, 2.75) is 32.6 Å². The van der Waals surface area contributed by atoms with Crippen LogP contribution < -0.4 is 0 Å². The van der Waals surface area contributed by atoms with Crippen molar-refractivity contribution < 1.29 is 5.11 Å². The fourth-order valence-corrected chi connectivity index (χ4v) is 1.72. The van der Waals surface area contributed by atoms with Gasteiger partial charge >= 0.3 is 0 Å². The lowest BCUT2D eigenvalue weighted by Crippen LogP contribution is -2.25. The molecule has 0 spiro atoms. The SMILES string of the molecule is CCC1CCC1CCO. The summed E-state index contributed by atoms with van der Waals surface area (Å²) in [5.41, 5.74) is 0. The zero-order valence-electron chi connectivity index (χ0n) is 6.14. The number of aliphatic hydroxyl groups excluding tert-OH is 1. The van der Waals surface area contributed by atoms with Crippen molar-refractivity contribution in [2.24, 2.45) is 11.8 Å². The highest BCUT2D eigenvalue weighted by Gasteiger charge is 2.27. The maximum absolute atomic E-state index is 8.61. The predicted molar refractivity (Wildman–Crippen MR) is 38.2 cm³/mol. The van der Waals surface area contributed by atoms with Crippen LogP contribution >= 0.6 is 0 Å². The van der Waals surface area contributed by atoms with E-state index in [1.165, 1.54) is 19.3 Å². The minimum absolute atomic E-state index is 0.390. The zero-order chi connectivity index (χ0) is 6.69. The molecular weight excluding hydrogens is 112 g/mol. The lowest BCUT2D eigenvalue weighted by atomic mass is 9.71. The van der Waals surface area contributed by atoms with E-state index < -0.39 is 0 Å². The maximum Gasteiger partial charge on any atom is 0.0433 e. The summed E-state index contributed by atoms with van der Waals surface area (Å²) in [6.07, 6.45) is 5.11. The molecule has 0 heterocycles. The Labute approximate surface area is 57.1 Å². The summed E-state index contributed by atoms with van der Waals surface area (Å²) < 4.78 is 0. The lowest BCUT2D eigenvalue weighted by Gasteiger charge is -2.35. The normalized spacial score (nSPS) is 34.0. The third kappa shape index (κ3) is 1.45. The number of hydrogen-bond donors (Lipinski definition) is 1. The summed E-state index contributed by atoms with van der Waals surface area (Å²) in [6.45, 7) is 2.63. The molecule has 1 aliphatic carbocycles. The molecule has 0 amide bonds. The highest BCUT2D eigenvalue weighted by atomic mass is 16.3. The zero-order valence-corrected chi connectivity index (χ0v) is 6.14. The molecule has 0 saturated heterocycles. The van der Waals surface area contributed by atoms with Crippen LogP contribution in [0.4, 0.5) is 0 Å². The number of hydrogen-bond acceptors (Lipinski definition) is 1. The van der Waals surface area contributed by atoms with E-state index in [4.69, 9.17) is 5.11 Å². The molecule has 0 radical (unpaired) electrons. The first kappa shape index (κ1) is 7.07. The van der Waals surface area contributed by atoms with E-state index in [1.54, 1.807) is 0 Å². The summed E-state index contributed by atoms with van der Waals surface area (Å²) in [5.74, 6) is 1.80. The Kier molecular flexibility index (Phi) is 2.52. The van der Waals surface area contributed by atoms with Crippen LogP contribution in [0.2, 0.25) is 0 Å². The topological polar surface area (TPSA) is 20.2 Å². The van der Waals surface area contributed by atoms with E-state index in [0.29, 0.717) is 6.61 Å². The molecule has 1 heteroatoms.